The van der Waals surface area contributed by atoms with E-state index in [0.29, 0.717) is 4.47 Å². The number of hydrogen-bond acceptors (Lipinski definition) is 4. The molecule has 1 aromatic heterocycles. The van der Waals surface area contributed by atoms with Gasteiger partial charge in [0.25, 0.3) is 5.91 Å². The van der Waals surface area contributed by atoms with Crippen molar-refractivity contribution in [2.75, 3.05) is 5.73 Å². The molecule has 92 valence electrons. The quantitative estimate of drug-likeness (QED) is 0.883. The summed E-state index contributed by atoms with van der Waals surface area (Å²) < 4.78 is 14.3. The summed E-state index contributed by atoms with van der Waals surface area (Å²) in [5, 5.41) is 0. The van der Waals surface area contributed by atoms with Crippen molar-refractivity contribution in [3.05, 3.63) is 40.4 Å². The van der Waals surface area contributed by atoms with Gasteiger partial charge >= 0.3 is 0 Å². The van der Waals surface area contributed by atoms with Gasteiger partial charge in [-0.1, -0.05) is 15.9 Å². The van der Waals surface area contributed by atoms with E-state index < -0.39 is 11.7 Å². The van der Waals surface area contributed by atoms with Crippen molar-refractivity contribution < 1.29 is 9.18 Å². The molecule has 18 heavy (non-hydrogen) atoms. The second-order valence-corrected chi connectivity index (χ2v) is 4.40. The first-order valence-electron chi connectivity index (χ1n) is 4.87. The minimum Gasteiger partial charge on any atom is -0.396 e. The van der Waals surface area contributed by atoms with Crippen molar-refractivity contribution in [3.63, 3.8) is 0 Å². The summed E-state index contributed by atoms with van der Waals surface area (Å²) in [7, 11) is 0. The van der Waals surface area contributed by atoms with Gasteiger partial charge in [0, 0.05) is 4.47 Å². The average Bonchev–Trinajstić information content (AvgIpc) is 2.33. The van der Waals surface area contributed by atoms with E-state index in [2.05, 4.69) is 25.9 Å². The number of hydrogen-bond donors (Lipinski definition) is 2. The van der Waals surface area contributed by atoms with Gasteiger partial charge in [-0.2, -0.15) is 0 Å². The summed E-state index contributed by atoms with van der Waals surface area (Å²) in [6.45, 7) is 0. The first-order valence-corrected chi connectivity index (χ1v) is 5.66. The van der Waals surface area contributed by atoms with Gasteiger partial charge in [0.05, 0.1) is 17.4 Å². The molecule has 0 bridgehead atoms. The van der Waals surface area contributed by atoms with E-state index in [-0.39, 0.29) is 22.8 Å². The fraction of sp³-hybridized carbons (Fsp3) is 0. The topological polar surface area (TPSA) is 94.9 Å². The number of primary amides is 1. The Kier molecular flexibility index (Phi) is 3.24. The Labute approximate surface area is 110 Å². The van der Waals surface area contributed by atoms with Crippen LogP contribution in [0, 0.1) is 5.82 Å². The highest BCUT2D eigenvalue weighted by molar-refractivity contribution is 9.10. The zero-order chi connectivity index (χ0) is 13.3. The Morgan fingerprint density at radius 1 is 1.39 bits per heavy atom. The van der Waals surface area contributed by atoms with Crippen LogP contribution in [0.2, 0.25) is 0 Å². The predicted octanol–water partition coefficient (Wildman–Crippen LogP) is 1.73. The molecular weight excluding hydrogens is 303 g/mol. The number of rotatable bonds is 2. The highest BCUT2D eigenvalue weighted by atomic mass is 79.9. The molecule has 1 aromatic carbocycles. The standard InChI is InChI=1S/C11H8BrFN4O/c12-5-1-2-7(13)6(3-5)11-16-4-8(14)9(17-11)10(15)18/h1-4H,14H2,(H2,15,18). The van der Waals surface area contributed by atoms with Crippen LogP contribution in [-0.4, -0.2) is 15.9 Å². The normalized spacial score (nSPS) is 10.3. The first kappa shape index (κ1) is 12.4. The van der Waals surface area contributed by atoms with E-state index in [9.17, 15) is 9.18 Å². The summed E-state index contributed by atoms with van der Waals surface area (Å²) in [4.78, 5) is 18.9. The molecule has 0 spiro atoms. The summed E-state index contributed by atoms with van der Waals surface area (Å²) in [6.07, 6.45) is 1.22. The Hall–Kier alpha value is -2.02. The van der Waals surface area contributed by atoms with Crippen LogP contribution in [-0.2, 0) is 0 Å². The number of aromatic nitrogens is 2. The predicted molar refractivity (Wildman–Crippen MR) is 68.1 cm³/mol. The summed E-state index contributed by atoms with van der Waals surface area (Å²) in [5.74, 6) is -1.23. The van der Waals surface area contributed by atoms with E-state index in [1.165, 1.54) is 18.3 Å². The van der Waals surface area contributed by atoms with E-state index in [1.807, 2.05) is 0 Å². The van der Waals surface area contributed by atoms with Crippen LogP contribution in [0.4, 0.5) is 10.1 Å². The van der Waals surface area contributed by atoms with Crippen LogP contribution in [0.25, 0.3) is 11.4 Å². The highest BCUT2D eigenvalue weighted by Crippen LogP contribution is 2.24. The molecule has 0 aliphatic carbocycles. The molecule has 2 aromatic rings. The Bertz CT molecular complexity index is 632. The zero-order valence-corrected chi connectivity index (χ0v) is 10.6. The number of benzene rings is 1. The third-order valence-electron chi connectivity index (χ3n) is 2.22. The molecule has 1 heterocycles. The van der Waals surface area contributed by atoms with Crippen molar-refractivity contribution in [2.24, 2.45) is 5.73 Å². The Morgan fingerprint density at radius 3 is 2.78 bits per heavy atom. The monoisotopic (exact) mass is 310 g/mol. The Morgan fingerprint density at radius 2 is 2.11 bits per heavy atom. The van der Waals surface area contributed by atoms with E-state index in [4.69, 9.17) is 11.5 Å². The lowest BCUT2D eigenvalue weighted by atomic mass is 10.2. The molecule has 2 rings (SSSR count). The third kappa shape index (κ3) is 2.30. The molecule has 0 saturated heterocycles. The molecule has 0 atom stereocenters. The van der Waals surface area contributed by atoms with Crippen molar-refractivity contribution in [1.82, 2.24) is 9.97 Å². The molecule has 0 radical (unpaired) electrons. The molecule has 0 fully saturated rings. The van der Waals surface area contributed by atoms with Crippen LogP contribution in [0.1, 0.15) is 10.5 Å². The lowest BCUT2D eigenvalue weighted by Crippen LogP contribution is -2.16. The van der Waals surface area contributed by atoms with Crippen LogP contribution in [0.3, 0.4) is 0 Å². The van der Waals surface area contributed by atoms with Crippen molar-refractivity contribution >= 4 is 27.5 Å². The third-order valence-corrected chi connectivity index (χ3v) is 2.71. The number of anilines is 1. The van der Waals surface area contributed by atoms with E-state index in [0.717, 1.165) is 0 Å². The lowest BCUT2D eigenvalue weighted by molar-refractivity contribution is 0.0996. The maximum Gasteiger partial charge on any atom is 0.269 e. The number of nitrogen functional groups attached to an aromatic ring is 1. The summed E-state index contributed by atoms with van der Waals surface area (Å²) in [6, 6.07) is 4.32. The van der Waals surface area contributed by atoms with Gasteiger partial charge in [0.15, 0.2) is 11.5 Å². The van der Waals surface area contributed by atoms with E-state index in [1.54, 1.807) is 6.07 Å². The van der Waals surface area contributed by atoms with Gasteiger partial charge < -0.3 is 11.5 Å². The largest absolute Gasteiger partial charge is 0.396 e. The number of nitrogens with two attached hydrogens (primary N) is 2. The molecule has 7 heteroatoms. The van der Waals surface area contributed by atoms with Crippen molar-refractivity contribution in [2.45, 2.75) is 0 Å². The van der Waals surface area contributed by atoms with Crippen LogP contribution >= 0.6 is 15.9 Å². The molecule has 0 aliphatic rings. The number of halogens is 2. The first-order chi connectivity index (χ1) is 8.49. The van der Waals surface area contributed by atoms with Crippen molar-refractivity contribution in [1.29, 1.82) is 0 Å². The SMILES string of the molecule is NC(=O)c1nc(-c2cc(Br)ccc2F)ncc1N. The second kappa shape index (κ2) is 4.69. The molecule has 0 saturated carbocycles. The van der Waals surface area contributed by atoms with Crippen LogP contribution < -0.4 is 11.5 Å². The summed E-state index contributed by atoms with van der Waals surface area (Å²) in [5.41, 5.74) is 10.7. The van der Waals surface area contributed by atoms with Crippen LogP contribution in [0.15, 0.2) is 28.9 Å². The molecular formula is C11H8BrFN4O. The van der Waals surface area contributed by atoms with Gasteiger partial charge in [0.2, 0.25) is 0 Å². The minimum absolute atomic E-state index is 0.0526. The number of carbonyl (C=O) groups excluding carboxylic acids is 1. The zero-order valence-electron chi connectivity index (χ0n) is 9.02. The van der Waals surface area contributed by atoms with E-state index >= 15 is 0 Å². The molecule has 5 nitrogen and oxygen atoms in total. The molecule has 0 unspecified atom stereocenters. The van der Waals surface area contributed by atoms with Crippen LogP contribution in [0.5, 0.6) is 0 Å². The van der Waals surface area contributed by atoms with Crippen molar-refractivity contribution in [3.8, 4) is 11.4 Å². The summed E-state index contributed by atoms with van der Waals surface area (Å²) >= 11 is 3.22. The van der Waals surface area contributed by atoms with Gasteiger partial charge in [0.1, 0.15) is 5.82 Å². The highest BCUT2D eigenvalue weighted by Gasteiger charge is 2.14. The van der Waals surface area contributed by atoms with Gasteiger partial charge in [-0.15, -0.1) is 0 Å². The fourth-order valence-corrected chi connectivity index (χ4v) is 1.75. The van der Waals surface area contributed by atoms with Gasteiger partial charge in [-0.3, -0.25) is 4.79 Å². The van der Waals surface area contributed by atoms with Gasteiger partial charge in [-0.25, -0.2) is 14.4 Å². The number of nitrogens with zero attached hydrogens (tertiary/aromatic N) is 2. The Balaban J connectivity index is 2.61. The average molecular weight is 311 g/mol. The lowest BCUT2D eigenvalue weighted by Gasteiger charge is -2.05. The number of amides is 1. The maximum atomic E-state index is 13.6. The second-order valence-electron chi connectivity index (χ2n) is 3.49. The molecule has 4 N–H and O–H groups in total. The smallest absolute Gasteiger partial charge is 0.269 e. The maximum absolute atomic E-state index is 13.6. The van der Waals surface area contributed by atoms with Gasteiger partial charge in [-0.05, 0) is 18.2 Å². The fourth-order valence-electron chi connectivity index (χ4n) is 1.39. The molecule has 0 aliphatic heterocycles. The number of carbonyl (C=O) groups is 1. The minimum atomic E-state index is -0.786. The molecule has 1 amide bonds.